The van der Waals surface area contributed by atoms with E-state index in [0.717, 1.165) is 37.7 Å². The van der Waals surface area contributed by atoms with Gasteiger partial charge in [0.1, 0.15) is 17.5 Å². The minimum absolute atomic E-state index is 0.0470. The molecule has 6 aliphatic rings. The number of aliphatic hydroxyl groups is 2. The number of cyclic esters (lactones) is 1. The van der Waals surface area contributed by atoms with Gasteiger partial charge < -0.3 is 19.7 Å². The van der Waals surface area contributed by atoms with Gasteiger partial charge in [0.2, 0.25) is 0 Å². The molecule has 2 heterocycles. The number of ketones is 1. The molecule has 1 saturated heterocycles. The fourth-order valence-electron chi connectivity index (χ4n) is 9.53. The Morgan fingerprint density at radius 2 is 1.94 bits per heavy atom. The first kappa shape index (κ1) is 22.2. The fraction of sp³-hybridized carbons (Fsp3) is 0.852. The summed E-state index contributed by atoms with van der Waals surface area (Å²) in [6, 6.07) is 0. The van der Waals surface area contributed by atoms with Gasteiger partial charge in [-0.2, -0.15) is 0 Å². The summed E-state index contributed by atoms with van der Waals surface area (Å²) >= 11 is 0. The van der Waals surface area contributed by atoms with Crippen LogP contribution in [0.2, 0.25) is 0 Å². The molecule has 0 aromatic carbocycles. The van der Waals surface area contributed by atoms with Gasteiger partial charge in [-0.05, 0) is 80.5 Å². The van der Waals surface area contributed by atoms with E-state index in [4.69, 9.17) is 9.47 Å². The quantitative estimate of drug-likeness (QED) is 0.498. The molecule has 2 aliphatic heterocycles. The van der Waals surface area contributed by atoms with Crippen LogP contribution in [0.4, 0.5) is 0 Å². The zero-order chi connectivity index (χ0) is 23.3. The highest BCUT2D eigenvalue weighted by Gasteiger charge is 2.75. The van der Waals surface area contributed by atoms with Crippen molar-refractivity contribution in [1.82, 2.24) is 0 Å². The molecule has 4 aliphatic carbocycles. The first-order valence-corrected chi connectivity index (χ1v) is 13.1. The van der Waals surface area contributed by atoms with Gasteiger partial charge in [0.15, 0.2) is 0 Å². The van der Waals surface area contributed by atoms with E-state index in [0.29, 0.717) is 54.3 Å². The zero-order valence-electron chi connectivity index (χ0n) is 20.1. The average molecular weight is 459 g/mol. The second-order valence-electron chi connectivity index (χ2n) is 12.3. The largest absolute Gasteiger partial charge is 0.458 e. The SMILES string of the molecule is CC1=C(CO)C(=O)O[C@@H]([C@@H](C)[C@H]2CC[C@H]3[C@@H]4C[C@H]5O[C@@]56C(C(=O)CC[C@@H]6O)[C@H]4CC[C@]23C)C1. The Bertz CT molecular complexity index is 910. The summed E-state index contributed by atoms with van der Waals surface area (Å²) < 4.78 is 12.0. The predicted octanol–water partition coefficient (Wildman–Crippen LogP) is 3.19. The first-order valence-electron chi connectivity index (χ1n) is 13.1. The number of epoxide rings is 1. The molecule has 0 aromatic rings. The summed E-state index contributed by atoms with van der Waals surface area (Å²) in [6.07, 6.45) is 6.56. The van der Waals surface area contributed by atoms with Crippen molar-refractivity contribution >= 4 is 11.8 Å². The molecule has 1 spiro atoms. The Morgan fingerprint density at radius 1 is 1.15 bits per heavy atom. The van der Waals surface area contributed by atoms with Crippen LogP contribution >= 0.6 is 0 Å². The molecule has 182 valence electrons. The van der Waals surface area contributed by atoms with Crippen molar-refractivity contribution in [1.29, 1.82) is 0 Å². The van der Waals surface area contributed by atoms with Gasteiger partial charge in [-0.15, -0.1) is 0 Å². The molecule has 0 radical (unpaired) electrons. The third kappa shape index (κ3) is 2.89. The van der Waals surface area contributed by atoms with Gasteiger partial charge in [0, 0.05) is 12.8 Å². The van der Waals surface area contributed by atoms with Crippen LogP contribution in [0.5, 0.6) is 0 Å². The number of hydrogen-bond acceptors (Lipinski definition) is 6. The van der Waals surface area contributed by atoms with Crippen molar-refractivity contribution in [3.63, 3.8) is 0 Å². The molecule has 6 heteroatoms. The highest BCUT2D eigenvalue weighted by molar-refractivity contribution is 5.90. The second-order valence-corrected chi connectivity index (χ2v) is 12.3. The minimum Gasteiger partial charge on any atom is -0.458 e. The van der Waals surface area contributed by atoms with Crippen LogP contribution in [0.1, 0.15) is 72.1 Å². The van der Waals surface area contributed by atoms with E-state index >= 15 is 0 Å². The first-order chi connectivity index (χ1) is 15.7. The standard InChI is InChI=1S/C27H38O6/c1-13-10-21(32-25(31)17(13)12-28)14(2)18-4-5-19-16-11-23-27(33-23)22(30)7-6-20(29)24(27)15(16)8-9-26(18,19)3/h14-16,18-19,21-24,28,30H,4-12H2,1-3H3/t14-,15-,16+,18+,19-,21+,22-,23+,24?,26+,27+/m0/s1. The number of aliphatic hydroxyl groups excluding tert-OH is 2. The second kappa shape index (κ2) is 7.38. The minimum atomic E-state index is -0.569. The third-order valence-electron chi connectivity index (χ3n) is 11.2. The Kier molecular flexibility index (Phi) is 4.97. The highest BCUT2D eigenvalue weighted by atomic mass is 16.6. The Morgan fingerprint density at radius 3 is 2.67 bits per heavy atom. The monoisotopic (exact) mass is 458 g/mol. The highest BCUT2D eigenvalue weighted by Crippen LogP contribution is 2.69. The topological polar surface area (TPSA) is 96.4 Å². The smallest absolute Gasteiger partial charge is 0.336 e. The number of ether oxygens (including phenoxy) is 2. The average Bonchev–Trinajstić information content (AvgIpc) is 3.40. The lowest BCUT2D eigenvalue weighted by molar-refractivity contribution is -0.153. The van der Waals surface area contributed by atoms with E-state index in [-0.39, 0.29) is 42.0 Å². The van der Waals surface area contributed by atoms with Crippen molar-refractivity contribution in [3.05, 3.63) is 11.1 Å². The van der Waals surface area contributed by atoms with E-state index in [1.807, 2.05) is 6.92 Å². The van der Waals surface area contributed by atoms with Crippen molar-refractivity contribution < 1.29 is 29.3 Å². The zero-order valence-corrected chi connectivity index (χ0v) is 20.1. The van der Waals surface area contributed by atoms with E-state index in [1.54, 1.807) is 0 Å². The van der Waals surface area contributed by atoms with Crippen LogP contribution in [0.15, 0.2) is 11.1 Å². The van der Waals surface area contributed by atoms with E-state index in [9.17, 15) is 19.8 Å². The van der Waals surface area contributed by atoms with Gasteiger partial charge in [0.05, 0.1) is 30.3 Å². The molecule has 2 N–H and O–H groups in total. The number of Topliss-reactive ketones (excluding diaryl/α,β-unsaturated/α-hetero) is 1. The van der Waals surface area contributed by atoms with Crippen molar-refractivity contribution in [2.75, 3.05) is 6.61 Å². The van der Waals surface area contributed by atoms with E-state index in [2.05, 4.69) is 13.8 Å². The van der Waals surface area contributed by atoms with Gasteiger partial charge >= 0.3 is 5.97 Å². The lowest BCUT2D eigenvalue weighted by atomic mass is 9.48. The van der Waals surface area contributed by atoms with Crippen LogP contribution in [-0.2, 0) is 19.1 Å². The van der Waals surface area contributed by atoms with Crippen molar-refractivity contribution in [2.24, 2.45) is 40.9 Å². The number of carbonyl (C=O) groups is 2. The van der Waals surface area contributed by atoms with Crippen LogP contribution in [0.3, 0.4) is 0 Å². The predicted molar refractivity (Wildman–Crippen MR) is 120 cm³/mol. The molecule has 6 nitrogen and oxygen atoms in total. The summed E-state index contributed by atoms with van der Waals surface area (Å²) in [5, 5.41) is 20.3. The maximum Gasteiger partial charge on any atom is 0.336 e. The van der Waals surface area contributed by atoms with Gasteiger partial charge in [-0.25, -0.2) is 4.79 Å². The van der Waals surface area contributed by atoms with Gasteiger partial charge in [0.25, 0.3) is 0 Å². The van der Waals surface area contributed by atoms with Crippen LogP contribution < -0.4 is 0 Å². The number of carbonyl (C=O) groups excluding carboxylic acids is 2. The van der Waals surface area contributed by atoms with Gasteiger partial charge in [-0.3, -0.25) is 4.79 Å². The molecule has 0 amide bonds. The molecule has 0 aromatic heterocycles. The number of esters is 1. The van der Waals surface area contributed by atoms with Crippen LogP contribution in [-0.4, -0.2) is 52.5 Å². The number of rotatable bonds is 3. The molecule has 0 bridgehead atoms. The summed E-state index contributed by atoms with van der Waals surface area (Å²) in [5.41, 5.74) is 0.981. The van der Waals surface area contributed by atoms with E-state index in [1.165, 1.54) is 0 Å². The summed E-state index contributed by atoms with van der Waals surface area (Å²) in [5.74, 6) is 1.96. The Labute approximate surface area is 196 Å². The normalized spacial score (nSPS) is 51.8. The molecular weight excluding hydrogens is 420 g/mol. The molecule has 4 saturated carbocycles. The summed E-state index contributed by atoms with van der Waals surface area (Å²) in [4.78, 5) is 25.5. The van der Waals surface area contributed by atoms with Crippen LogP contribution in [0, 0.1) is 40.9 Å². The third-order valence-corrected chi connectivity index (χ3v) is 11.2. The maximum absolute atomic E-state index is 13.1. The Hall–Kier alpha value is -1.24. The molecule has 11 atom stereocenters. The fourth-order valence-corrected chi connectivity index (χ4v) is 9.53. The molecule has 5 fully saturated rings. The lowest BCUT2D eigenvalue weighted by Gasteiger charge is -2.55. The number of hydrogen-bond donors (Lipinski definition) is 2. The maximum atomic E-state index is 13.1. The molecular formula is C27H38O6. The Balaban J connectivity index is 1.24. The molecule has 1 unspecified atom stereocenters. The summed E-state index contributed by atoms with van der Waals surface area (Å²) in [6.45, 7) is 6.38. The summed E-state index contributed by atoms with van der Waals surface area (Å²) in [7, 11) is 0. The molecule has 6 rings (SSSR count). The van der Waals surface area contributed by atoms with Gasteiger partial charge in [-0.1, -0.05) is 19.4 Å². The van der Waals surface area contributed by atoms with E-state index < -0.39 is 11.7 Å². The van der Waals surface area contributed by atoms with Crippen molar-refractivity contribution in [3.8, 4) is 0 Å². The van der Waals surface area contributed by atoms with Crippen molar-refractivity contribution in [2.45, 2.75) is 96.1 Å². The van der Waals surface area contributed by atoms with Crippen LogP contribution in [0.25, 0.3) is 0 Å². The number of fused-ring (bicyclic) bond motifs is 4. The lowest BCUT2D eigenvalue weighted by Crippen LogP contribution is -2.58. The molecule has 33 heavy (non-hydrogen) atoms.